The zero-order valence-electron chi connectivity index (χ0n) is 12.0. The SMILES string of the molecule is CNC(=O)Nc1ccc(S(=O)(=O)c2ccc([N+](=O)[O-])cc2)cc1. The number of anilines is 1. The summed E-state index contributed by atoms with van der Waals surface area (Å²) in [5.41, 5.74) is 0.251. The Morgan fingerprint density at radius 3 is 1.91 bits per heavy atom. The highest BCUT2D eigenvalue weighted by Gasteiger charge is 2.18. The Morgan fingerprint density at radius 1 is 1.00 bits per heavy atom. The molecule has 0 spiro atoms. The Morgan fingerprint density at radius 2 is 1.48 bits per heavy atom. The van der Waals surface area contributed by atoms with Gasteiger partial charge in [-0.2, -0.15) is 0 Å². The molecule has 0 unspecified atom stereocenters. The number of hydrogen-bond acceptors (Lipinski definition) is 5. The van der Waals surface area contributed by atoms with Gasteiger partial charge in [0.05, 0.1) is 14.7 Å². The van der Waals surface area contributed by atoms with Gasteiger partial charge in [0.1, 0.15) is 0 Å². The topological polar surface area (TPSA) is 118 Å². The molecular formula is C14H13N3O5S. The highest BCUT2D eigenvalue weighted by atomic mass is 32.2. The van der Waals surface area contributed by atoms with Gasteiger partial charge in [0.2, 0.25) is 9.84 Å². The first-order chi connectivity index (χ1) is 10.8. The maximum absolute atomic E-state index is 12.4. The Kier molecular flexibility index (Phi) is 4.60. The van der Waals surface area contributed by atoms with Crippen LogP contribution in [0.2, 0.25) is 0 Å². The van der Waals surface area contributed by atoms with Crippen LogP contribution < -0.4 is 10.6 Å². The van der Waals surface area contributed by atoms with Crippen LogP contribution in [0.15, 0.2) is 58.3 Å². The van der Waals surface area contributed by atoms with E-state index in [0.29, 0.717) is 5.69 Å². The number of carbonyl (C=O) groups excluding carboxylic acids is 1. The molecule has 2 aromatic rings. The predicted octanol–water partition coefficient (Wildman–Crippen LogP) is 2.18. The maximum atomic E-state index is 12.4. The van der Waals surface area contributed by atoms with E-state index in [-0.39, 0.29) is 15.5 Å². The third kappa shape index (κ3) is 3.64. The number of nitrogens with zero attached hydrogens (tertiary/aromatic N) is 1. The fourth-order valence-corrected chi connectivity index (χ4v) is 3.06. The third-order valence-corrected chi connectivity index (χ3v) is 4.79. The first-order valence-electron chi connectivity index (χ1n) is 6.43. The smallest absolute Gasteiger partial charge is 0.318 e. The number of amides is 2. The van der Waals surface area contributed by atoms with Gasteiger partial charge in [0.15, 0.2) is 0 Å². The molecular weight excluding hydrogens is 322 g/mol. The van der Waals surface area contributed by atoms with E-state index >= 15 is 0 Å². The summed E-state index contributed by atoms with van der Waals surface area (Å²) in [4.78, 5) is 21.1. The van der Waals surface area contributed by atoms with Crippen molar-refractivity contribution in [3.05, 3.63) is 58.6 Å². The Bertz CT molecular complexity index is 830. The van der Waals surface area contributed by atoms with E-state index in [9.17, 15) is 23.3 Å². The number of nitro benzene ring substituents is 1. The lowest BCUT2D eigenvalue weighted by Gasteiger charge is -2.07. The van der Waals surface area contributed by atoms with Gasteiger partial charge in [-0.3, -0.25) is 10.1 Å². The summed E-state index contributed by atoms with van der Waals surface area (Å²) < 4.78 is 24.9. The van der Waals surface area contributed by atoms with Crippen molar-refractivity contribution in [2.75, 3.05) is 12.4 Å². The van der Waals surface area contributed by atoms with E-state index in [1.807, 2.05) is 0 Å². The summed E-state index contributed by atoms with van der Waals surface area (Å²) >= 11 is 0. The van der Waals surface area contributed by atoms with Crippen molar-refractivity contribution in [1.82, 2.24) is 5.32 Å². The number of hydrogen-bond donors (Lipinski definition) is 2. The van der Waals surface area contributed by atoms with Gasteiger partial charge in [-0.1, -0.05) is 0 Å². The van der Waals surface area contributed by atoms with E-state index in [4.69, 9.17) is 0 Å². The van der Waals surface area contributed by atoms with Gasteiger partial charge < -0.3 is 10.6 Å². The predicted molar refractivity (Wildman–Crippen MR) is 83.1 cm³/mol. The van der Waals surface area contributed by atoms with Crippen LogP contribution in [0.3, 0.4) is 0 Å². The second-order valence-corrected chi connectivity index (χ2v) is 6.43. The Labute approximate surface area is 132 Å². The molecule has 9 heteroatoms. The van der Waals surface area contributed by atoms with Crippen molar-refractivity contribution >= 4 is 27.2 Å². The number of benzene rings is 2. The number of urea groups is 1. The normalized spacial score (nSPS) is 10.8. The molecule has 2 aromatic carbocycles. The van der Waals surface area contributed by atoms with Crippen LogP contribution in [0.1, 0.15) is 0 Å². The third-order valence-electron chi connectivity index (χ3n) is 3.01. The van der Waals surface area contributed by atoms with Crippen LogP contribution in [0.25, 0.3) is 0 Å². The molecule has 2 N–H and O–H groups in total. The van der Waals surface area contributed by atoms with Crippen LogP contribution in [-0.4, -0.2) is 26.4 Å². The van der Waals surface area contributed by atoms with E-state index in [0.717, 1.165) is 12.1 Å². The molecule has 0 aromatic heterocycles. The van der Waals surface area contributed by atoms with Gasteiger partial charge in [-0.25, -0.2) is 13.2 Å². The summed E-state index contributed by atoms with van der Waals surface area (Å²) in [5, 5.41) is 15.5. The average Bonchev–Trinajstić information content (AvgIpc) is 2.55. The van der Waals surface area contributed by atoms with Crippen LogP contribution in [0, 0.1) is 10.1 Å². The molecule has 2 rings (SSSR count). The molecule has 23 heavy (non-hydrogen) atoms. The average molecular weight is 335 g/mol. The second kappa shape index (κ2) is 6.44. The number of rotatable bonds is 4. The molecule has 0 aliphatic heterocycles. The first-order valence-corrected chi connectivity index (χ1v) is 7.91. The second-order valence-electron chi connectivity index (χ2n) is 4.48. The van der Waals surface area contributed by atoms with Crippen molar-refractivity contribution in [2.45, 2.75) is 9.79 Å². The van der Waals surface area contributed by atoms with Gasteiger partial charge >= 0.3 is 6.03 Å². The van der Waals surface area contributed by atoms with Crippen LogP contribution in [0.5, 0.6) is 0 Å². The van der Waals surface area contributed by atoms with Gasteiger partial charge in [-0.15, -0.1) is 0 Å². The number of carbonyl (C=O) groups is 1. The van der Waals surface area contributed by atoms with Crippen molar-refractivity contribution in [1.29, 1.82) is 0 Å². The van der Waals surface area contributed by atoms with E-state index in [2.05, 4.69) is 10.6 Å². The zero-order valence-corrected chi connectivity index (χ0v) is 12.8. The number of non-ortho nitro benzene ring substituents is 1. The molecule has 0 saturated carbocycles. The van der Waals surface area contributed by atoms with Gasteiger partial charge in [-0.05, 0) is 36.4 Å². The number of nitrogens with one attached hydrogen (secondary N) is 2. The minimum absolute atomic E-state index is 0.0220. The quantitative estimate of drug-likeness (QED) is 0.655. The van der Waals surface area contributed by atoms with E-state index in [1.54, 1.807) is 0 Å². The fraction of sp³-hybridized carbons (Fsp3) is 0.0714. The number of nitro groups is 1. The minimum Gasteiger partial charge on any atom is -0.341 e. The molecule has 0 aliphatic carbocycles. The molecule has 0 fully saturated rings. The molecule has 0 atom stereocenters. The molecule has 0 saturated heterocycles. The summed E-state index contributed by atoms with van der Waals surface area (Å²) in [6.07, 6.45) is 0. The van der Waals surface area contributed by atoms with Crippen molar-refractivity contribution in [3.8, 4) is 0 Å². The lowest BCUT2D eigenvalue weighted by atomic mass is 10.3. The molecule has 0 heterocycles. The lowest BCUT2D eigenvalue weighted by molar-refractivity contribution is -0.384. The Balaban J connectivity index is 2.28. The van der Waals surface area contributed by atoms with Crippen molar-refractivity contribution < 1.29 is 18.1 Å². The van der Waals surface area contributed by atoms with Crippen molar-refractivity contribution in [3.63, 3.8) is 0 Å². The molecule has 2 amide bonds. The maximum Gasteiger partial charge on any atom is 0.318 e. The summed E-state index contributed by atoms with van der Waals surface area (Å²) in [6, 6.07) is 9.82. The summed E-state index contributed by atoms with van der Waals surface area (Å²) in [7, 11) is -2.32. The highest BCUT2D eigenvalue weighted by Crippen LogP contribution is 2.24. The van der Waals surface area contributed by atoms with E-state index in [1.165, 1.54) is 43.4 Å². The van der Waals surface area contributed by atoms with E-state index < -0.39 is 20.8 Å². The van der Waals surface area contributed by atoms with Gasteiger partial charge in [0.25, 0.3) is 5.69 Å². The Hall–Kier alpha value is -2.94. The molecule has 0 aliphatic rings. The highest BCUT2D eigenvalue weighted by molar-refractivity contribution is 7.91. The first kappa shape index (κ1) is 16.4. The molecule has 0 radical (unpaired) electrons. The van der Waals surface area contributed by atoms with Gasteiger partial charge in [0, 0.05) is 24.9 Å². The van der Waals surface area contributed by atoms with Crippen LogP contribution in [0.4, 0.5) is 16.2 Å². The lowest BCUT2D eigenvalue weighted by Crippen LogP contribution is -2.24. The minimum atomic E-state index is -3.78. The van der Waals surface area contributed by atoms with Crippen LogP contribution >= 0.6 is 0 Å². The molecule has 8 nitrogen and oxygen atoms in total. The van der Waals surface area contributed by atoms with Crippen LogP contribution in [-0.2, 0) is 9.84 Å². The largest absolute Gasteiger partial charge is 0.341 e. The van der Waals surface area contributed by atoms with Crippen molar-refractivity contribution in [2.24, 2.45) is 0 Å². The zero-order chi connectivity index (χ0) is 17.0. The fourth-order valence-electron chi connectivity index (χ4n) is 1.79. The molecule has 120 valence electrons. The molecule has 0 bridgehead atoms. The summed E-state index contributed by atoms with van der Waals surface area (Å²) in [6.45, 7) is 0. The summed E-state index contributed by atoms with van der Waals surface area (Å²) in [5.74, 6) is 0. The number of sulfone groups is 1. The standard InChI is InChI=1S/C14H13N3O5S/c1-15-14(18)16-10-2-6-12(7-3-10)23(21,22)13-8-4-11(5-9-13)17(19)20/h2-9H,1H3,(H2,15,16,18). The monoisotopic (exact) mass is 335 g/mol.